The van der Waals surface area contributed by atoms with Crippen LogP contribution in [0.15, 0.2) is 29.1 Å². The molecule has 0 saturated carbocycles. The second-order valence-corrected chi connectivity index (χ2v) is 5.58. The van der Waals surface area contributed by atoms with Crippen molar-refractivity contribution in [1.82, 2.24) is 10.3 Å². The third-order valence-corrected chi connectivity index (χ3v) is 3.43. The van der Waals surface area contributed by atoms with Gasteiger partial charge in [0.2, 0.25) is 0 Å². The molecule has 1 aromatic heterocycles. The third kappa shape index (κ3) is 4.51. The second kappa shape index (κ2) is 7.14. The van der Waals surface area contributed by atoms with Crippen molar-refractivity contribution in [2.45, 2.75) is 33.0 Å². The molecule has 0 unspecified atom stereocenters. The summed E-state index contributed by atoms with van der Waals surface area (Å²) in [6.45, 7) is 4.96. The van der Waals surface area contributed by atoms with E-state index in [4.69, 9.17) is 4.74 Å². The van der Waals surface area contributed by atoms with E-state index in [2.05, 4.69) is 10.3 Å². The normalized spacial score (nSPS) is 10.8. The van der Waals surface area contributed by atoms with Crippen molar-refractivity contribution in [3.05, 3.63) is 50.5 Å². The highest BCUT2D eigenvalue weighted by Crippen LogP contribution is 2.28. The van der Waals surface area contributed by atoms with Gasteiger partial charge in [-0.2, -0.15) is 0 Å². The molecule has 1 N–H and O–H groups in total. The molecule has 0 aliphatic heterocycles. The molecule has 0 spiro atoms. The summed E-state index contributed by atoms with van der Waals surface area (Å²) in [5.74, 6) is 0.274. The Bertz CT molecular complexity index is 600. The second-order valence-electron chi connectivity index (χ2n) is 4.86. The summed E-state index contributed by atoms with van der Waals surface area (Å²) in [6, 6.07) is 5.27. The Balaban J connectivity index is 2.14. The highest BCUT2D eigenvalue weighted by atomic mass is 32.1. The van der Waals surface area contributed by atoms with Crippen molar-refractivity contribution in [2.75, 3.05) is 0 Å². The fraction of sp³-hybridized carbons (Fsp3) is 0.357. The Kier molecular flexibility index (Phi) is 5.24. The van der Waals surface area contributed by atoms with Crippen LogP contribution in [0.25, 0.3) is 0 Å². The van der Waals surface area contributed by atoms with Gasteiger partial charge in [0.15, 0.2) is 5.75 Å². The van der Waals surface area contributed by atoms with E-state index >= 15 is 0 Å². The van der Waals surface area contributed by atoms with E-state index in [1.54, 1.807) is 17.6 Å². The van der Waals surface area contributed by atoms with E-state index < -0.39 is 4.92 Å². The lowest BCUT2D eigenvalue weighted by atomic mass is 10.2. The van der Waals surface area contributed by atoms with Gasteiger partial charge >= 0.3 is 5.69 Å². The van der Waals surface area contributed by atoms with Gasteiger partial charge in [0.1, 0.15) is 6.61 Å². The molecular weight excluding hydrogens is 290 g/mol. The standard InChI is InChI=1S/C14H17N3O3S/c1-10(2)15-6-11-3-4-13(17(18)19)14(5-11)20-7-12-8-21-9-16-12/h3-5,8-10,15H,6-7H2,1-2H3. The van der Waals surface area contributed by atoms with Crippen LogP contribution in [0.5, 0.6) is 5.75 Å². The Morgan fingerprint density at radius 3 is 2.90 bits per heavy atom. The average Bonchev–Trinajstić information content (AvgIpc) is 2.96. The molecular formula is C14H17N3O3S. The fourth-order valence-corrected chi connectivity index (χ4v) is 2.26. The van der Waals surface area contributed by atoms with Gasteiger partial charge in [0.25, 0.3) is 0 Å². The van der Waals surface area contributed by atoms with Crippen LogP contribution in [0, 0.1) is 10.1 Å². The van der Waals surface area contributed by atoms with Crippen molar-refractivity contribution in [3.63, 3.8) is 0 Å². The van der Waals surface area contributed by atoms with Gasteiger partial charge in [0.05, 0.1) is 16.1 Å². The van der Waals surface area contributed by atoms with Crippen molar-refractivity contribution in [1.29, 1.82) is 0 Å². The molecule has 1 heterocycles. The maximum absolute atomic E-state index is 11.1. The van der Waals surface area contributed by atoms with Crippen LogP contribution in [0.2, 0.25) is 0 Å². The van der Waals surface area contributed by atoms with E-state index in [-0.39, 0.29) is 18.0 Å². The predicted octanol–water partition coefficient (Wildman–Crippen LogP) is 3.13. The van der Waals surface area contributed by atoms with Gasteiger partial charge in [-0.3, -0.25) is 10.1 Å². The van der Waals surface area contributed by atoms with E-state index in [0.29, 0.717) is 12.6 Å². The average molecular weight is 307 g/mol. The zero-order chi connectivity index (χ0) is 15.2. The number of hydrogen-bond acceptors (Lipinski definition) is 6. The molecule has 0 bridgehead atoms. The molecule has 1 aromatic carbocycles. The summed E-state index contributed by atoms with van der Waals surface area (Å²) >= 11 is 1.46. The van der Waals surface area contributed by atoms with Crippen LogP contribution in [0.1, 0.15) is 25.1 Å². The summed E-state index contributed by atoms with van der Waals surface area (Å²) in [6.07, 6.45) is 0. The van der Waals surface area contributed by atoms with Crippen molar-refractivity contribution in [2.24, 2.45) is 0 Å². The van der Waals surface area contributed by atoms with Crippen molar-refractivity contribution < 1.29 is 9.66 Å². The molecule has 7 heteroatoms. The van der Waals surface area contributed by atoms with Gasteiger partial charge in [-0.1, -0.05) is 19.9 Å². The minimum Gasteiger partial charge on any atom is -0.480 e. The molecule has 0 atom stereocenters. The number of benzene rings is 1. The molecule has 0 aliphatic carbocycles. The Morgan fingerprint density at radius 2 is 2.29 bits per heavy atom. The quantitative estimate of drug-likeness (QED) is 0.628. The zero-order valence-electron chi connectivity index (χ0n) is 11.9. The molecule has 6 nitrogen and oxygen atoms in total. The molecule has 21 heavy (non-hydrogen) atoms. The molecule has 2 rings (SSSR count). The summed E-state index contributed by atoms with van der Waals surface area (Å²) in [7, 11) is 0. The SMILES string of the molecule is CC(C)NCc1ccc([N+](=O)[O-])c(OCc2cscn2)c1. The number of hydrogen-bond donors (Lipinski definition) is 1. The fourth-order valence-electron chi connectivity index (χ4n) is 1.72. The predicted molar refractivity (Wildman–Crippen MR) is 81.5 cm³/mol. The maximum atomic E-state index is 11.1. The smallest absolute Gasteiger partial charge is 0.310 e. The summed E-state index contributed by atoms with van der Waals surface area (Å²) in [4.78, 5) is 14.7. The number of nitro groups is 1. The Morgan fingerprint density at radius 1 is 1.48 bits per heavy atom. The van der Waals surface area contributed by atoms with Crippen LogP contribution in [-0.2, 0) is 13.2 Å². The highest BCUT2D eigenvalue weighted by Gasteiger charge is 2.16. The summed E-state index contributed by atoms with van der Waals surface area (Å²) in [5.41, 5.74) is 3.39. The van der Waals surface area contributed by atoms with Crippen LogP contribution in [0.3, 0.4) is 0 Å². The van der Waals surface area contributed by atoms with E-state index in [1.807, 2.05) is 19.2 Å². The largest absolute Gasteiger partial charge is 0.480 e. The number of nitrogens with one attached hydrogen (secondary N) is 1. The molecule has 2 aromatic rings. The number of ether oxygens (including phenoxy) is 1. The first-order chi connectivity index (χ1) is 10.1. The summed E-state index contributed by atoms with van der Waals surface area (Å²) < 4.78 is 5.57. The van der Waals surface area contributed by atoms with Gasteiger partial charge in [-0.05, 0) is 11.6 Å². The van der Waals surface area contributed by atoms with E-state index in [1.165, 1.54) is 17.4 Å². The number of thiazole rings is 1. The van der Waals surface area contributed by atoms with Gasteiger partial charge in [-0.15, -0.1) is 11.3 Å². The van der Waals surface area contributed by atoms with Crippen LogP contribution < -0.4 is 10.1 Å². The van der Waals surface area contributed by atoms with Crippen molar-refractivity contribution >= 4 is 17.0 Å². The molecule has 0 fully saturated rings. The van der Waals surface area contributed by atoms with Gasteiger partial charge < -0.3 is 10.1 Å². The lowest BCUT2D eigenvalue weighted by molar-refractivity contribution is -0.386. The van der Waals surface area contributed by atoms with Gasteiger partial charge in [-0.25, -0.2) is 4.98 Å². The molecule has 0 radical (unpaired) electrons. The first kappa shape index (κ1) is 15.4. The minimum atomic E-state index is -0.434. The number of rotatable bonds is 7. The molecule has 0 aliphatic rings. The van der Waals surface area contributed by atoms with Crippen molar-refractivity contribution in [3.8, 4) is 5.75 Å². The topological polar surface area (TPSA) is 77.3 Å². The minimum absolute atomic E-state index is 0.0291. The summed E-state index contributed by atoms with van der Waals surface area (Å²) in [5, 5.41) is 16.2. The molecule has 112 valence electrons. The lowest BCUT2D eigenvalue weighted by Gasteiger charge is -2.10. The Hall–Kier alpha value is -1.99. The first-order valence-corrected chi connectivity index (χ1v) is 7.51. The number of nitro benzene ring substituents is 1. The van der Waals surface area contributed by atoms with Crippen LogP contribution in [-0.4, -0.2) is 15.9 Å². The number of aromatic nitrogens is 1. The van der Waals surface area contributed by atoms with Crippen LogP contribution >= 0.6 is 11.3 Å². The lowest BCUT2D eigenvalue weighted by Crippen LogP contribution is -2.21. The number of nitrogens with zero attached hydrogens (tertiary/aromatic N) is 2. The monoisotopic (exact) mass is 307 g/mol. The van der Waals surface area contributed by atoms with E-state index in [0.717, 1.165) is 11.3 Å². The third-order valence-electron chi connectivity index (χ3n) is 2.79. The zero-order valence-corrected chi connectivity index (χ0v) is 12.7. The highest BCUT2D eigenvalue weighted by molar-refractivity contribution is 7.07. The van der Waals surface area contributed by atoms with Gasteiger partial charge in [0, 0.05) is 24.0 Å². The molecule has 0 amide bonds. The molecule has 0 saturated heterocycles. The maximum Gasteiger partial charge on any atom is 0.310 e. The van der Waals surface area contributed by atoms with Crippen LogP contribution in [0.4, 0.5) is 5.69 Å². The Labute approximate surface area is 126 Å². The first-order valence-electron chi connectivity index (χ1n) is 6.57. The van der Waals surface area contributed by atoms with E-state index in [9.17, 15) is 10.1 Å².